The molecular weight excluding hydrogens is 463 g/mol. The van der Waals surface area contributed by atoms with Gasteiger partial charge in [-0.1, -0.05) is 17.7 Å². The van der Waals surface area contributed by atoms with Gasteiger partial charge in [-0.2, -0.15) is 0 Å². The Bertz CT molecular complexity index is 1170. The molecule has 0 radical (unpaired) electrons. The Kier molecular flexibility index (Phi) is 8.35. The Labute approximate surface area is 197 Å². The minimum absolute atomic E-state index is 0.00430. The first-order chi connectivity index (χ1) is 15.8. The van der Waals surface area contributed by atoms with Crippen LogP contribution in [0.5, 0.6) is 5.75 Å². The molecule has 0 aromatic heterocycles. The van der Waals surface area contributed by atoms with E-state index in [1.807, 2.05) is 31.2 Å². The minimum Gasteiger partial charge on any atom is -0.497 e. The van der Waals surface area contributed by atoms with Crippen molar-refractivity contribution in [2.24, 2.45) is 0 Å². The number of rotatable bonds is 10. The number of methoxy groups -OCH3 is 1. The molecule has 0 bridgehead atoms. The topological polar surface area (TPSA) is 75.7 Å². The zero-order valence-corrected chi connectivity index (χ0v) is 20.0. The molecule has 174 valence electrons. The van der Waals surface area contributed by atoms with Gasteiger partial charge in [-0.25, -0.2) is 12.8 Å². The number of amides is 1. The summed E-state index contributed by atoms with van der Waals surface area (Å²) in [6.45, 7) is 1.95. The van der Waals surface area contributed by atoms with Crippen LogP contribution in [0.3, 0.4) is 0 Å². The van der Waals surface area contributed by atoms with Crippen molar-refractivity contribution in [2.75, 3.05) is 30.3 Å². The molecule has 0 heterocycles. The van der Waals surface area contributed by atoms with E-state index in [0.29, 0.717) is 18.0 Å². The number of thioether (sulfide) groups is 1. The SMILES string of the molecule is COc1ccc(S(=O)(=O)N(CC(=O)NCCSc2ccc(C)cc2)c2ccc(F)cc2)cc1. The van der Waals surface area contributed by atoms with Crippen LogP contribution in [0.25, 0.3) is 0 Å². The van der Waals surface area contributed by atoms with Crippen LogP contribution in [0.2, 0.25) is 0 Å². The van der Waals surface area contributed by atoms with Crippen LogP contribution >= 0.6 is 11.8 Å². The molecule has 0 fully saturated rings. The van der Waals surface area contributed by atoms with Gasteiger partial charge in [0.25, 0.3) is 10.0 Å². The summed E-state index contributed by atoms with van der Waals surface area (Å²) in [5, 5.41) is 2.76. The predicted octanol–water partition coefficient (Wildman–Crippen LogP) is 4.25. The van der Waals surface area contributed by atoms with Gasteiger partial charge in [0.1, 0.15) is 18.1 Å². The maximum atomic E-state index is 13.4. The number of ether oxygens (including phenoxy) is 1. The van der Waals surface area contributed by atoms with Crippen molar-refractivity contribution in [3.05, 3.63) is 84.2 Å². The van der Waals surface area contributed by atoms with Crippen molar-refractivity contribution in [3.63, 3.8) is 0 Å². The van der Waals surface area contributed by atoms with Crippen molar-refractivity contribution in [3.8, 4) is 5.75 Å². The number of nitrogens with zero attached hydrogens (tertiary/aromatic N) is 1. The molecule has 0 spiro atoms. The second-order valence-electron chi connectivity index (χ2n) is 7.18. The van der Waals surface area contributed by atoms with E-state index >= 15 is 0 Å². The van der Waals surface area contributed by atoms with Crippen molar-refractivity contribution in [1.29, 1.82) is 0 Å². The maximum Gasteiger partial charge on any atom is 0.264 e. The van der Waals surface area contributed by atoms with E-state index < -0.39 is 28.3 Å². The predicted molar refractivity (Wildman–Crippen MR) is 129 cm³/mol. The molecule has 0 saturated carbocycles. The van der Waals surface area contributed by atoms with Gasteiger partial charge in [-0.05, 0) is 67.6 Å². The number of aryl methyl sites for hydroxylation is 1. The fourth-order valence-corrected chi connectivity index (χ4v) is 5.17. The molecule has 0 aliphatic heterocycles. The van der Waals surface area contributed by atoms with Crippen LogP contribution in [-0.4, -0.2) is 40.3 Å². The molecule has 1 amide bonds. The van der Waals surface area contributed by atoms with Gasteiger partial charge in [0.15, 0.2) is 0 Å². The van der Waals surface area contributed by atoms with E-state index in [1.165, 1.54) is 49.1 Å². The lowest BCUT2D eigenvalue weighted by atomic mass is 10.2. The van der Waals surface area contributed by atoms with Crippen LogP contribution in [0.15, 0.2) is 82.6 Å². The summed E-state index contributed by atoms with van der Waals surface area (Å²) in [7, 11) is -2.59. The third-order valence-corrected chi connectivity index (χ3v) is 7.57. The van der Waals surface area contributed by atoms with Gasteiger partial charge in [0.2, 0.25) is 5.91 Å². The van der Waals surface area contributed by atoms with Gasteiger partial charge in [0, 0.05) is 17.2 Å². The monoisotopic (exact) mass is 488 g/mol. The maximum absolute atomic E-state index is 13.4. The second-order valence-corrected chi connectivity index (χ2v) is 10.2. The van der Waals surface area contributed by atoms with E-state index in [4.69, 9.17) is 4.74 Å². The molecule has 0 atom stereocenters. The highest BCUT2D eigenvalue weighted by Gasteiger charge is 2.27. The highest BCUT2D eigenvalue weighted by Crippen LogP contribution is 2.25. The third kappa shape index (κ3) is 6.72. The van der Waals surface area contributed by atoms with Crippen molar-refractivity contribution in [2.45, 2.75) is 16.7 Å². The minimum atomic E-state index is -4.08. The lowest BCUT2D eigenvalue weighted by Crippen LogP contribution is -2.41. The number of hydrogen-bond donors (Lipinski definition) is 1. The Hall–Kier alpha value is -3.04. The van der Waals surface area contributed by atoms with E-state index in [0.717, 1.165) is 21.3 Å². The number of hydrogen-bond acceptors (Lipinski definition) is 5. The Morgan fingerprint density at radius 3 is 2.24 bits per heavy atom. The molecule has 3 aromatic carbocycles. The molecule has 33 heavy (non-hydrogen) atoms. The molecule has 0 aliphatic carbocycles. The normalized spacial score (nSPS) is 11.1. The molecule has 1 N–H and O–H groups in total. The molecule has 0 unspecified atom stereocenters. The molecule has 9 heteroatoms. The highest BCUT2D eigenvalue weighted by atomic mass is 32.2. The van der Waals surface area contributed by atoms with Crippen LogP contribution < -0.4 is 14.4 Å². The van der Waals surface area contributed by atoms with Crippen LogP contribution in [-0.2, 0) is 14.8 Å². The summed E-state index contributed by atoms with van der Waals surface area (Å²) in [6, 6.07) is 18.9. The summed E-state index contributed by atoms with van der Waals surface area (Å²) in [4.78, 5) is 13.7. The lowest BCUT2D eigenvalue weighted by Gasteiger charge is -2.24. The standard InChI is InChI=1S/C24H25FN2O4S2/c1-18-3-11-22(12-4-18)32-16-15-26-24(28)17-27(20-7-5-19(25)6-8-20)33(29,30)23-13-9-21(31-2)10-14-23/h3-14H,15-17H2,1-2H3,(H,26,28). The number of carbonyl (C=O) groups is 1. The molecule has 3 rings (SSSR count). The van der Waals surface area contributed by atoms with E-state index in [9.17, 15) is 17.6 Å². The van der Waals surface area contributed by atoms with Crippen molar-refractivity contribution in [1.82, 2.24) is 5.32 Å². The summed E-state index contributed by atoms with van der Waals surface area (Å²) in [5.41, 5.74) is 1.36. The average molecular weight is 489 g/mol. The third-order valence-electron chi connectivity index (χ3n) is 4.76. The molecule has 3 aromatic rings. The first kappa shape index (κ1) is 24.6. The smallest absolute Gasteiger partial charge is 0.264 e. The number of halogens is 1. The van der Waals surface area contributed by atoms with Crippen LogP contribution in [0.1, 0.15) is 5.56 Å². The molecule has 6 nitrogen and oxygen atoms in total. The number of carbonyl (C=O) groups excluding carboxylic acids is 1. The van der Waals surface area contributed by atoms with E-state index in [1.54, 1.807) is 11.8 Å². The number of benzene rings is 3. The van der Waals surface area contributed by atoms with Crippen molar-refractivity contribution < 1.29 is 22.3 Å². The van der Waals surface area contributed by atoms with Gasteiger partial charge < -0.3 is 10.1 Å². The molecule has 0 aliphatic rings. The van der Waals surface area contributed by atoms with Gasteiger partial charge in [0.05, 0.1) is 17.7 Å². The first-order valence-electron chi connectivity index (χ1n) is 10.2. The summed E-state index contributed by atoms with van der Waals surface area (Å²) < 4.78 is 46.1. The van der Waals surface area contributed by atoms with Gasteiger partial charge >= 0.3 is 0 Å². The zero-order valence-electron chi connectivity index (χ0n) is 18.3. The summed E-state index contributed by atoms with van der Waals surface area (Å²) in [6.07, 6.45) is 0. The summed E-state index contributed by atoms with van der Waals surface area (Å²) >= 11 is 1.59. The van der Waals surface area contributed by atoms with Crippen LogP contribution in [0.4, 0.5) is 10.1 Å². The van der Waals surface area contributed by atoms with Gasteiger partial charge in [-0.3, -0.25) is 9.10 Å². The van der Waals surface area contributed by atoms with E-state index in [-0.39, 0.29) is 10.6 Å². The Morgan fingerprint density at radius 2 is 1.64 bits per heavy atom. The first-order valence-corrected chi connectivity index (χ1v) is 12.6. The second kappa shape index (κ2) is 11.2. The van der Waals surface area contributed by atoms with Gasteiger partial charge in [-0.15, -0.1) is 11.8 Å². The van der Waals surface area contributed by atoms with Crippen LogP contribution in [0, 0.1) is 12.7 Å². The molecule has 0 saturated heterocycles. The molecular formula is C24H25FN2O4S2. The Morgan fingerprint density at radius 1 is 1.00 bits per heavy atom. The lowest BCUT2D eigenvalue weighted by molar-refractivity contribution is -0.119. The fraction of sp³-hybridized carbons (Fsp3) is 0.208. The summed E-state index contributed by atoms with van der Waals surface area (Å²) in [5.74, 6) is 0.182. The fourth-order valence-electron chi connectivity index (χ4n) is 2.98. The number of nitrogens with one attached hydrogen (secondary N) is 1. The number of sulfonamides is 1. The zero-order chi connectivity index (χ0) is 23.8. The largest absolute Gasteiger partial charge is 0.497 e. The van der Waals surface area contributed by atoms with Crippen molar-refractivity contribution >= 4 is 33.4 Å². The Balaban J connectivity index is 1.70. The average Bonchev–Trinajstić information content (AvgIpc) is 2.82. The quantitative estimate of drug-likeness (QED) is 0.341. The number of anilines is 1. The van der Waals surface area contributed by atoms with E-state index in [2.05, 4.69) is 5.32 Å². The highest BCUT2D eigenvalue weighted by molar-refractivity contribution is 7.99.